The first-order valence-electron chi connectivity index (χ1n) is 6.46. The van der Waals surface area contributed by atoms with E-state index >= 15 is 0 Å². The van der Waals surface area contributed by atoms with E-state index in [1.165, 1.54) is 0 Å². The van der Waals surface area contributed by atoms with Gasteiger partial charge in [0.1, 0.15) is 0 Å². The molecule has 0 saturated carbocycles. The Morgan fingerprint density at radius 2 is 2.00 bits per heavy atom. The zero-order valence-electron chi connectivity index (χ0n) is 10.6. The lowest BCUT2D eigenvalue weighted by atomic mass is 10.1. The summed E-state index contributed by atoms with van der Waals surface area (Å²) < 4.78 is 0. The topological polar surface area (TPSA) is 40.5 Å². The van der Waals surface area contributed by atoms with E-state index in [1.54, 1.807) is 11.0 Å². The Balaban J connectivity index is 1.66. The van der Waals surface area contributed by atoms with E-state index in [2.05, 4.69) is 0 Å². The quantitative estimate of drug-likeness (QED) is 0.850. The van der Waals surface area contributed by atoms with Crippen LogP contribution in [0.1, 0.15) is 24.8 Å². The molecular formula is C14H17Cl2NO2. The predicted molar refractivity (Wildman–Crippen MR) is 76.6 cm³/mol. The van der Waals surface area contributed by atoms with Gasteiger partial charge in [-0.05, 0) is 37.0 Å². The summed E-state index contributed by atoms with van der Waals surface area (Å²) in [6, 6.07) is 5.63. The van der Waals surface area contributed by atoms with Crippen LogP contribution >= 0.6 is 23.2 Å². The Kier molecular flexibility index (Phi) is 5.08. The zero-order valence-corrected chi connectivity index (χ0v) is 12.1. The van der Waals surface area contributed by atoms with Crippen LogP contribution in [0.5, 0.6) is 0 Å². The van der Waals surface area contributed by atoms with Gasteiger partial charge in [0.05, 0.1) is 16.1 Å². The monoisotopic (exact) mass is 301 g/mol. The lowest BCUT2D eigenvalue weighted by Crippen LogP contribution is -2.53. The molecule has 0 aromatic heterocycles. The average Bonchev–Trinajstić information content (AvgIpc) is 2.34. The van der Waals surface area contributed by atoms with E-state index in [4.69, 9.17) is 28.3 Å². The molecule has 1 aromatic carbocycles. The molecule has 5 heteroatoms. The van der Waals surface area contributed by atoms with Crippen molar-refractivity contribution in [3.63, 3.8) is 0 Å². The van der Waals surface area contributed by atoms with Crippen LogP contribution in [-0.2, 0) is 11.2 Å². The molecule has 104 valence electrons. The maximum absolute atomic E-state index is 11.7. The molecule has 2 rings (SSSR count). The van der Waals surface area contributed by atoms with Crippen LogP contribution in [0.4, 0.5) is 0 Å². The van der Waals surface area contributed by atoms with Gasteiger partial charge in [0, 0.05) is 19.5 Å². The second kappa shape index (κ2) is 6.60. The van der Waals surface area contributed by atoms with Gasteiger partial charge < -0.3 is 10.0 Å². The van der Waals surface area contributed by atoms with Crippen molar-refractivity contribution in [1.82, 2.24) is 4.90 Å². The fourth-order valence-electron chi connectivity index (χ4n) is 2.12. The highest BCUT2D eigenvalue weighted by Crippen LogP contribution is 2.23. The van der Waals surface area contributed by atoms with Crippen molar-refractivity contribution >= 4 is 29.1 Å². The van der Waals surface area contributed by atoms with Crippen LogP contribution in [-0.4, -0.2) is 35.1 Å². The molecule has 0 bridgehead atoms. The maximum Gasteiger partial charge on any atom is 0.222 e. The SMILES string of the molecule is O=C(CCCCc1ccc(Cl)c(Cl)c1)N1CC(O)C1. The number of benzene rings is 1. The van der Waals surface area contributed by atoms with Crippen LogP contribution in [0.15, 0.2) is 18.2 Å². The third-order valence-electron chi connectivity index (χ3n) is 3.31. The van der Waals surface area contributed by atoms with Crippen LogP contribution in [0.25, 0.3) is 0 Å². The second-order valence-corrected chi connectivity index (χ2v) is 5.72. The van der Waals surface area contributed by atoms with E-state index in [9.17, 15) is 4.79 Å². The summed E-state index contributed by atoms with van der Waals surface area (Å²) in [6.45, 7) is 0.983. The Bertz CT molecular complexity index is 459. The number of hydrogen-bond acceptors (Lipinski definition) is 2. The summed E-state index contributed by atoms with van der Waals surface area (Å²) in [5, 5.41) is 10.3. The molecule has 1 amide bonds. The number of aryl methyl sites for hydroxylation is 1. The van der Waals surface area contributed by atoms with Gasteiger partial charge in [0.2, 0.25) is 5.91 Å². The third-order valence-corrected chi connectivity index (χ3v) is 4.04. The number of rotatable bonds is 5. The number of carbonyl (C=O) groups excluding carboxylic acids is 1. The van der Waals surface area contributed by atoms with Crippen molar-refractivity contribution in [3.8, 4) is 0 Å². The van der Waals surface area contributed by atoms with Crippen molar-refractivity contribution in [2.45, 2.75) is 31.8 Å². The summed E-state index contributed by atoms with van der Waals surface area (Å²) in [5.41, 5.74) is 1.14. The smallest absolute Gasteiger partial charge is 0.222 e. The second-order valence-electron chi connectivity index (χ2n) is 4.91. The minimum atomic E-state index is -0.319. The fourth-order valence-corrected chi connectivity index (χ4v) is 2.44. The highest BCUT2D eigenvalue weighted by Gasteiger charge is 2.27. The standard InChI is InChI=1S/C14H17Cl2NO2/c15-12-6-5-10(7-13(12)16)3-1-2-4-14(19)17-8-11(18)9-17/h5-7,11,18H,1-4,8-9H2. The molecule has 0 unspecified atom stereocenters. The van der Waals surface area contributed by atoms with Crippen LogP contribution in [0.3, 0.4) is 0 Å². The number of β-amino-alcohol motifs (C(OH)–C–C–N with tert-alkyl or cyclic N) is 1. The number of halogens is 2. The van der Waals surface area contributed by atoms with Crippen LogP contribution < -0.4 is 0 Å². The minimum Gasteiger partial charge on any atom is -0.389 e. The summed E-state index contributed by atoms with van der Waals surface area (Å²) in [5.74, 6) is 0.138. The summed E-state index contributed by atoms with van der Waals surface area (Å²) in [4.78, 5) is 13.4. The molecule has 0 aliphatic carbocycles. The fraction of sp³-hybridized carbons (Fsp3) is 0.500. The Hall–Kier alpha value is -0.770. The number of likely N-dealkylation sites (tertiary alicyclic amines) is 1. The van der Waals surface area contributed by atoms with Gasteiger partial charge in [-0.15, -0.1) is 0 Å². The van der Waals surface area contributed by atoms with Gasteiger partial charge in [0.25, 0.3) is 0 Å². The third kappa shape index (κ3) is 4.10. The van der Waals surface area contributed by atoms with E-state index in [0.29, 0.717) is 29.6 Å². The molecule has 1 saturated heterocycles. The van der Waals surface area contributed by atoms with E-state index in [-0.39, 0.29) is 12.0 Å². The highest BCUT2D eigenvalue weighted by atomic mass is 35.5. The van der Waals surface area contributed by atoms with Gasteiger partial charge in [-0.3, -0.25) is 4.79 Å². The van der Waals surface area contributed by atoms with Gasteiger partial charge in [-0.1, -0.05) is 29.3 Å². The highest BCUT2D eigenvalue weighted by molar-refractivity contribution is 6.42. The molecule has 1 aliphatic heterocycles. The van der Waals surface area contributed by atoms with Crippen molar-refractivity contribution in [2.75, 3.05) is 13.1 Å². The molecule has 1 heterocycles. The molecule has 0 atom stereocenters. The average molecular weight is 302 g/mol. The zero-order chi connectivity index (χ0) is 13.8. The first-order valence-corrected chi connectivity index (χ1v) is 7.21. The van der Waals surface area contributed by atoms with Crippen molar-refractivity contribution in [1.29, 1.82) is 0 Å². The van der Waals surface area contributed by atoms with E-state index < -0.39 is 0 Å². The number of unbranched alkanes of at least 4 members (excludes halogenated alkanes) is 1. The summed E-state index contributed by atoms with van der Waals surface area (Å²) >= 11 is 11.8. The van der Waals surface area contributed by atoms with Crippen molar-refractivity contribution in [2.24, 2.45) is 0 Å². The molecule has 0 radical (unpaired) electrons. The number of aliphatic hydroxyl groups is 1. The van der Waals surface area contributed by atoms with Crippen molar-refractivity contribution in [3.05, 3.63) is 33.8 Å². The Labute approximate surface area is 123 Å². The molecule has 1 aliphatic rings. The lowest BCUT2D eigenvalue weighted by molar-refractivity contribution is -0.141. The number of aliphatic hydroxyl groups excluding tert-OH is 1. The number of hydrogen-bond donors (Lipinski definition) is 1. The molecule has 1 fully saturated rings. The molecule has 1 N–H and O–H groups in total. The Morgan fingerprint density at radius 3 is 2.63 bits per heavy atom. The number of nitrogens with zero attached hydrogens (tertiary/aromatic N) is 1. The normalized spacial score (nSPS) is 15.4. The minimum absolute atomic E-state index is 0.138. The van der Waals surface area contributed by atoms with E-state index in [1.807, 2.05) is 12.1 Å². The first-order chi connectivity index (χ1) is 9.06. The summed E-state index contributed by atoms with van der Waals surface area (Å²) in [6.07, 6.45) is 2.92. The largest absolute Gasteiger partial charge is 0.389 e. The van der Waals surface area contributed by atoms with Gasteiger partial charge in [-0.2, -0.15) is 0 Å². The molecule has 3 nitrogen and oxygen atoms in total. The molecule has 0 spiro atoms. The number of carbonyl (C=O) groups is 1. The van der Waals surface area contributed by atoms with Gasteiger partial charge >= 0.3 is 0 Å². The molecular weight excluding hydrogens is 285 g/mol. The van der Waals surface area contributed by atoms with Crippen LogP contribution in [0.2, 0.25) is 10.0 Å². The predicted octanol–water partition coefficient (Wildman–Crippen LogP) is 2.91. The first kappa shape index (κ1) is 14.6. The van der Waals surface area contributed by atoms with Crippen molar-refractivity contribution < 1.29 is 9.90 Å². The Morgan fingerprint density at radius 1 is 1.26 bits per heavy atom. The molecule has 19 heavy (non-hydrogen) atoms. The van der Waals surface area contributed by atoms with Crippen LogP contribution in [0, 0.1) is 0 Å². The maximum atomic E-state index is 11.7. The van der Waals surface area contributed by atoms with Gasteiger partial charge in [0.15, 0.2) is 0 Å². The van der Waals surface area contributed by atoms with E-state index in [0.717, 1.165) is 24.8 Å². The summed E-state index contributed by atoms with van der Waals surface area (Å²) in [7, 11) is 0. The van der Waals surface area contributed by atoms with Gasteiger partial charge in [-0.25, -0.2) is 0 Å². The lowest BCUT2D eigenvalue weighted by Gasteiger charge is -2.35. The molecule has 1 aromatic rings. The number of amides is 1.